The second-order valence-electron chi connectivity index (χ2n) is 5.92. The highest BCUT2D eigenvalue weighted by Crippen LogP contribution is 2.25. The van der Waals surface area contributed by atoms with Crippen molar-refractivity contribution in [2.75, 3.05) is 26.4 Å². The number of ether oxygens (including phenoxy) is 1. The first-order valence-electron chi connectivity index (χ1n) is 7.61. The Morgan fingerprint density at radius 3 is 2.86 bits per heavy atom. The molecular formula is C16H23N3O2. The van der Waals surface area contributed by atoms with Crippen LogP contribution in [0.15, 0.2) is 24.3 Å². The zero-order chi connectivity index (χ0) is 14.7. The number of hydrogen-bond donors (Lipinski definition) is 2. The lowest BCUT2D eigenvalue weighted by Gasteiger charge is -2.40. The van der Waals surface area contributed by atoms with Crippen molar-refractivity contribution < 1.29 is 9.84 Å². The summed E-state index contributed by atoms with van der Waals surface area (Å²) >= 11 is 0. The molecule has 0 atom stereocenters. The van der Waals surface area contributed by atoms with E-state index in [0.29, 0.717) is 13.2 Å². The molecule has 0 bridgehead atoms. The van der Waals surface area contributed by atoms with Crippen LogP contribution in [0.5, 0.6) is 0 Å². The summed E-state index contributed by atoms with van der Waals surface area (Å²) in [7, 11) is 0. The fraction of sp³-hybridized carbons (Fsp3) is 0.562. The molecule has 0 saturated carbocycles. The van der Waals surface area contributed by atoms with Gasteiger partial charge in [-0.2, -0.15) is 0 Å². The summed E-state index contributed by atoms with van der Waals surface area (Å²) in [5.74, 6) is 1.06. The van der Waals surface area contributed by atoms with Crippen molar-refractivity contribution in [3.8, 4) is 0 Å². The summed E-state index contributed by atoms with van der Waals surface area (Å²) in [6.07, 6.45) is 1.09. The smallest absolute Gasteiger partial charge is 0.123 e. The van der Waals surface area contributed by atoms with Gasteiger partial charge in [0.15, 0.2) is 0 Å². The van der Waals surface area contributed by atoms with Crippen LogP contribution < -0.4 is 5.32 Å². The number of aryl methyl sites for hydroxylation is 1. The molecule has 2 heterocycles. The Bertz CT molecular complexity index is 599. The van der Waals surface area contributed by atoms with Gasteiger partial charge in [-0.15, -0.1) is 0 Å². The quantitative estimate of drug-likeness (QED) is 0.812. The first-order chi connectivity index (χ1) is 10.3. The SMILES string of the molecule is CCCn1c(CNCC2(CO)COC2)nc2ccccc21. The molecule has 2 N–H and O–H groups in total. The second kappa shape index (κ2) is 6.13. The van der Waals surface area contributed by atoms with Crippen LogP contribution in [0.4, 0.5) is 0 Å². The van der Waals surface area contributed by atoms with Gasteiger partial charge in [0.25, 0.3) is 0 Å². The van der Waals surface area contributed by atoms with Crippen LogP contribution in [0.1, 0.15) is 19.2 Å². The first-order valence-corrected chi connectivity index (χ1v) is 7.61. The molecule has 1 saturated heterocycles. The fourth-order valence-corrected chi connectivity index (χ4v) is 2.81. The second-order valence-corrected chi connectivity index (χ2v) is 5.92. The number of imidazole rings is 1. The predicted octanol–water partition coefficient (Wildman–Crippen LogP) is 1.54. The maximum absolute atomic E-state index is 9.45. The number of aliphatic hydroxyl groups is 1. The van der Waals surface area contributed by atoms with Gasteiger partial charge in [0.1, 0.15) is 5.82 Å². The minimum Gasteiger partial charge on any atom is -0.396 e. The van der Waals surface area contributed by atoms with Gasteiger partial charge in [-0.3, -0.25) is 0 Å². The largest absolute Gasteiger partial charge is 0.396 e. The Labute approximate surface area is 124 Å². The van der Waals surface area contributed by atoms with Crippen LogP contribution >= 0.6 is 0 Å². The maximum atomic E-state index is 9.45. The summed E-state index contributed by atoms with van der Waals surface area (Å²) in [5.41, 5.74) is 2.15. The summed E-state index contributed by atoms with van der Waals surface area (Å²) in [5, 5.41) is 12.9. The highest BCUT2D eigenvalue weighted by molar-refractivity contribution is 5.75. The summed E-state index contributed by atoms with van der Waals surface area (Å²) in [6, 6.07) is 8.26. The van der Waals surface area contributed by atoms with E-state index in [1.54, 1.807) is 0 Å². The number of benzene rings is 1. The molecule has 1 aromatic heterocycles. The fourth-order valence-electron chi connectivity index (χ4n) is 2.81. The van der Waals surface area contributed by atoms with E-state index in [1.807, 2.05) is 6.07 Å². The number of rotatable bonds is 7. The Hall–Kier alpha value is -1.43. The Morgan fingerprint density at radius 2 is 2.19 bits per heavy atom. The highest BCUT2D eigenvalue weighted by Gasteiger charge is 2.37. The molecular weight excluding hydrogens is 266 g/mol. The lowest BCUT2D eigenvalue weighted by Crippen LogP contribution is -2.52. The Balaban J connectivity index is 1.72. The van der Waals surface area contributed by atoms with Gasteiger partial charge >= 0.3 is 0 Å². The standard InChI is InChI=1S/C16H23N3O2/c1-2-7-19-14-6-4-3-5-13(14)18-15(19)8-17-9-16(10-20)11-21-12-16/h3-6,17,20H,2,7-12H2,1H3. The third-order valence-corrected chi connectivity index (χ3v) is 4.12. The molecule has 1 aliphatic rings. The van der Waals surface area contributed by atoms with Crippen LogP contribution in [0.3, 0.4) is 0 Å². The molecule has 0 spiro atoms. The average Bonchev–Trinajstić information content (AvgIpc) is 2.81. The van der Waals surface area contributed by atoms with E-state index >= 15 is 0 Å². The van der Waals surface area contributed by atoms with E-state index in [0.717, 1.165) is 37.4 Å². The lowest BCUT2D eigenvalue weighted by molar-refractivity contribution is -0.134. The molecule has 114 valence electrons. The molecule has 1 aromatic carbocycles. The Morgan fingerprint density at radius 1 is 1.38 bits per heavy atom. The minimum atomic E-state index is -0.0956. The van der Waals surface area contributed by atoms with Crippen molar-refractivity contribution in [2.45, 2.75) is 26.4 Å². The van der Waals surface area contributed by atoms with Gasteiger partial charge in [-0.05, 0) is 18.6 Å². The van der Waals surface area contributed by atoms with E-state index < -0.39 is 0 Å². The van der Waals surface area contributed by atoms with Crippen molar-refractivity contribution in [3.05, 3.63) is 30.1 Å². The molecule has 5 heteroatoms. The van der Waals surface area contributed by atoms with E-state index in [-0.39, 0.29) is 12.0 Å². The number of aromatic nitrogens is 2. The topological polar surface area (TPSA) is 59.3 Å². The molecule has 2 aromatic rings. The van der Waals surface area contributed by atoms with Crippen LogP contribution in [0, 0.1) is 5.41 Å². The normalized spacial score (nSPS) is 17.0. The number of nitrogens with one attached hydrogen (secondary N) is 1. The van der Waals surface area contributed by atoms with E-state index in [4.69, 9.17) is 9.72 Å². The van der Waals surface area contributed by atoms with Gasteiger partial charge in [0.2, 0.25) is 0 Å². The number of fused-ring (bicyclic) bond motifs is 1. The van der Waals surface area contributed by atoms with Gasteiger partial charge in [-0.1, -0.05) is 19.1 Å². The van der Waals surface area contributed by atoms with Gasteiger partial charge in [0.05, 0.1) is 42.8 Å². The molecule has 3 rings (SSSR count). The molecule has 1 aliphatic heterocycles. The van der Waals surface area contributed by atoms with Gasteiger partial charge in [0, 0.05) is 13.1 Å². The van der Waals surface area contributed by atoms with Crippen LogP contribution in [0.2, 0.25) is 0 Å². The zero-order valence-corrected chi connectivity index (χ0v) is 12.5. The zero-order valence-electron chi connectivity index (χ0n) is 12.5. The first kappa shape index (κ1) is 14.5. The predicted molar refractivity (Wildman–Crippen MR) is 82.1 cm³/mol. The van der Waals surface area contributed by atoms with Crippen molar-refractivity contribution in [3.63, 3.8) is 0 Å². The van der Waals surface area contributed by atoms with Gasteiger partial charge < -0.3 is 19.7 Å². The third-order valence-electron chi connectivity index (χ3n) is 4.12. The van der Waals surface area contributed by atoms with Crippen molar-refractivity contribution in [2.24, 2.45) is 5.41 Å². The highest BCUT2D eigenvalue weighted by atomic mass is 16.5. The maximum Gasteiger partial charge on any atom is 0.123 e. The lowest BCUT2D eigenvalue weighted by atomic mass is 9.87. The monoisotopic (exact) mass is 289 g/mol. The van der Waals surface area contributed by atoms with Crippen molar-refractivity contribution >= 4 is 11.0 Å². The van der Waals surface area contributed by atoms with Gasteiger partial charge in [-0.25, -0.2) is 4.98 Å². The van der Waals surface area contributed by atoms with Crippen LogP contribution in [-0.2, 0) is 17.8 Å². The average molecular weight is 289 g/mol. The number of nitrogens with zero attached hydrogens (tertiary/aromatic N) is 2. The van der Waals surface area contributed by atoms with Crippen molar-refractivity contribution in [1.29, 1.82) is 0 Å². The molecule has 1 fully saturated rings. The number of para-hydroxylation sites is 2. The van der Waals surface area contributed by atoms with E-state index in [1.165, 1.54) is 5.52 Å². The summed E-state index contributed by atoms with van der Waals surface area (Å²) in [4.78, 5) is 4.73. The third kappa shape index (κ3) is 2.81. The molecule has 0 radical (unpaired) electrons. The molecule has 21 heavy (non-hydrogen) atoms. The van der Waals surface area contributed by atoms with Crippen LogP contribution in [-0.4, -0.2) is 41.0 Å². The van der Waals surface area contributed by atoms with Crippen LogP contribution in [0.25, 0.3) is 11.0 Å². The molecule has 0 amide bonds. The van der Waals surface area contributed by atoms with Crippen molar-refractivity contribution in [1.82, 2.24) is 14.9 Å². The minimum absolute atomic E-state index is 0.0956. The van der Waals surface area contributed by atoms with E-state index in [2.05, 4.69) is 35.0 Å². The Kier molecular flexibility index (Phi) is 4.24. The summed E-state index contributed by atoms with van der Waals surface area (Å²) in [6.45, 7) is 6.09. The number of aliphatic hydroxyl groups excluding tert-OH is 1. The van der Waals surface area contributed by atoms with E-state index in [9.17, 15) is 5.11 Å². The summed E-state index contributed by atoms with van der Waals surface area (Å²) < 4.78 is 7.50. The molecule has 0 unspecified atom stereocenters. The number of hydrogen-bond acceptors (Lipinski definition) is 4. The molecule has 0 aliphatic carbocycles. The molecule has 5 nitrogen and oxygen atoms in total.